The minimum atomic E-state index is -0.498. The molecule has 1 unspecified atom stereocenters. The van der Waals surface area contributed by atoms with Crippen molar-refractivity contribution >= 4 is 41.0 Å². The van der Waals surface area contributed by atoms with Gasteiger partial charge in [-0.15, -0.1) is 0 Å². The van der Waals surface area contributed by atoms with Gasteiger partial charge in [0.05, 0.1) is 17.7 Å². The number of likely N-dealkylation sites (tertiary alicyclic amines) is 1. The molecule has 6 nitrogen and oxygen atoms in total. The number of carbonyl (C=O) groups excluding carboxylic acids is 3. The summed E-state index contributed by atoms with van der Waals surface area (Å²) in [5, 5.41) is 3.63. The van der Waals surface area contributed by atoms with Crippen LogP contribution in [0.3, 0.4) is 0 Å². The standard InChI is InChI=1S/C19H24Cl2N2O4/c1-27-17(24)7-3-2-4-10-22-18(25)16-6-5-11-23(16)19(26)14-12-13(20)8-9-15(14)21/h8-9,12,16H,2-7,10-11H2,1H3,(H,22,25). The summed E-state index contributed by atoms with van der Waals surface area (Å²) in [5.41, 5.74) is 0.312. The third kappa shape index (κ3) is 6.11. The molecule has 1 N–H and O–H groups in total. The number of ether oxygens (including phenoxy) is 1. The predicted octanol–water partition coefficient (Wildman–Crippen LogP) is 3.45. The maximum atomic E-state index is 12.8. The fourth-order valence-corrected chi connectivity index (χ4v) is 3.47. The third-order valence-electron chi connectivity index (χ3n) is 4.56. The van der Waals surface area contributed by atoms with E-state index < -0.39 is 6.04 Å². The van der Waals surface area contributed by atoms with Crippen molar-refractivity contribution in [2.45, 2.75) is 44.6 Å². The first-order chi connectivity index (χ1) is 12.9. The van der Waals surface area contributed by atoms with Gasteiger partial charge in [0.1, 0.15) is 6.04 Å². The summed E-state index contributed by atoms with van der Waals surface area (Å²) in [6, 6.07) is 4.23. The zero-order valence-electron chi connectivity index (χ0n) is 15.3. The van der Waals surface area contributed by atoms with Crippen LogP contribution in [0.5, 0.6) is 0 Å². The average molecular weight is 415 g/mol. The number of carbonyl (C=O) groups is 3. The molecule has 0 saturated carbocycles. The fourth-order valence-electron chi connectivity index (χ4n) is 3.10. The first-order valence-corrected chi connectivity index (χ1v) is 9.80. The molecule has 1 saturated heterocycles. The Morgan fingerprint density at radius 2 is 2.00 bits per heavy atom. The van der Waals surface area contributed by atoms with Crippen LogP contribution in [-0.4, -0.2) is 48.9 Å². The molecule has 148 valence electrons. The molecule has 2 amide bonds. The number of esters is 1. The number of benzene rings is 1. The summed E-state index contributed by atoms with van der Waals surface area (Å²) in [7, 11) is 1.37. The molecule has 27 heavy (non-hydrogen) atoms. The molecule has 1 heterocycles. The van der Waals surface area contributed by atoms with Crippen molar-refractivity contribution in [3.8, 4) is 0 Å². The first-order valence-electron chi connectivity index (χ1n) is 9.04. The third-order valence-corrected chi connectivity index (χ3v) is 5.12. The lowest BCUT2D eigenvalue weighted by Crippen LogP contribution is -2.46. The van der Waals surface area contributed by atoms with Crippen LogP contribution in [0.1, 0.15) is 48.9 Å². The van der Waals surface area contributed by atoms with E-state index in [2.05, 4.69) is 10.1 Å². The van der Waals surface area contributed by atoms with E-state index in [0.29, 0.717) is 41.5 Å². The first kappa shape index (κ1) is 21.5. The Kier molecular flexibility index (Phi) is 8.38. The van der Waals surface area contributed by atoms with Crippen LogP contribution in [0.2, 0.25) is 10.0 Å². The molecular formula is C19H24Cl2N2O4. The quantitative estimate of drug-likeness (QED) is 0.521. The van der Waals surface area contributed by atoms with Crippen LogP contribution in [0.25, 0.3) is 0 Å². The van der Waals surface area contributed by atoms with Gasteiger partial charge in [0.15, 0.2) is 0 Å². The summed E-state index contributed by atoms with van der Waals surface area (Å²) >= 11 is 12.1. The van der Waals surface area contributed by atoms with Crippen molar-refractivity contribution in [1.29, 1.82) is 0 Å². The van der Waals surface area contributed by atoms with Crippen molar-refractivity contribution in [2.24, 2.45) is 0 Å². The second kappa shape index (κ2) is 10.5. The predicted molar refractivity (Wildman–Crippen MR) is 104 cm³/mol. The van der Waals surface area contributed by atoms with E-state index in [0.717, 1.165) is 25.7 Å². The molecule has 1 fully saturated rings. The Morgan fingerprint density at radius 1 is 1.22 bits per heavy atom. The van der Waals surface area contributed by atoms with Gasteiger partial charge < -0.3 is 15.0 Å². The molecule has 1 aliphatic rings. The Hall–Kier alpha value is -1.79. The molecule has 0 radical (unpaired) electrons. The van der Waals surface area contributed by atoms with Crippen LogP contribution < -0.4 is 5.32 Å². The fraction of sp³-hybridized carbons (Fsp3) is 0.526. The van der Waals surface area contributed by atoms with Gasteiger partial charge in [-0.25, -0.2) is 0 Å². The lowest BCUT2D eigenvalue weighted by molar-refractivity contribution is -0.140. The highest BCUT2D eigenvalue weighted by molar-refractivity contribution is 6.35. The Balaban J connectivity index is 1.84. The number of unbranched alkanes of at least 4 members (excludes halogenated alkanes) is 2. The molecule has 1 aliphatic heterocycles. The number of hydrogen-bond acceptors (Lipinski definition) is 4. The van der Waals surface area contributed by atoms with Crippen LogP contribution in [0.4, 0.5) is 0 Å². The van der Waals surface area contributed by atoms with E-state index in [9.17, 15) is 14.4 Å². The molecule has 0 bridgehead atoms. The van der Waals surface area contributed by atoms with Crippen molar-refractivity contribution < 1.29 is 19.1 Å². The van der Waals surface area contributed by atoms with E-state index in [4.69, 9.17) is 23.2 Å². The monoisotopic (exact) mass is 414 g/mol. The normalized spacial score (nSPS) is 16.3. The van der Waals surface area contributed by atoms with Crippen LogP contribution in [0, 0.1) is 0 Å². The largest absolute Gasteiger partial charge is 0.469 e. The minimum Gasteiger partial charge on any atom is -0.469 e. The number of nitrogens with one attached hydrogen (secondary N) is 1. The average Bonchev–Trinajstić information content (AvgIpc) is 3.15. The molecule has 1 atom stereocenters. The minimum absolute atomic E-state index is 0.160. The van der Waals surface area contributed by atoms with Crippen molar-refractivity contribution in [3.63, 3.8) is 0 Å². The summed E-state index contributed by atoms with van der Waals surface area (Å²) < 4.78 is 4.59. The molecule has 2 rings (SSSR count). The Bertz CT molecular complexity index is 696. The van der Waals surface area contributed by atoms with Gasteiger partial charge in [-0.2, -0.15) is 0 Å². The Morgan fingerprint density at radius 3 is 2.74 bits per heavy atom. The summed E-state index contributed by atoms with van der Waals surface area (Å²) in [6.07, 6.45) is 4.09. The van der Waals surface area contributed by atoms with Crippen molar-refractivity contribution in [2.75, 3.05) is 20.2 Å². The summed E-state index contributed by atoms with van der Waals surface area (Å²) in [6.45, 7) is 1.02. The number of nitrogens with zero attached hydrogens (tertiary/aromatic N) is 1. The number of methoxy groups -OCH3 is 1. The molecule has 0 spiro atoms. The lowest BCUT2D eigenvalue weighted by Gasteiger charge is -2.24. The van der Waals surface area contributed by atoms with E-state index in [1.54, 1.807) is 17.0 Å². The Labute approximate surface area is 169 Å². The van der Waals surface area contributed by atoms with Gasteiger partial charge in [0, 0.05) is 24.5 Å². The topological polar surface area (TPSA) is 75.7 Å². The van der Waals surface area contributed by atoms with Crippen LogP contribution in [-0.2, 0) is 14.3 Å². The molecule has 0 aromatic heterocycles. The highest BCUT2D eigenvalue weighted by Gasteiger charge is 2.35. The maximum absolute atomic E-state index is 12.8. The SMILES string of the molecule is COC(=O)CCCCCNC(=O)C1CCCN1C(=O)c1cc(Cl)ccc1Cl. The molecule has 8 heteroatoms. The number of rotatable bonds is 8. The lowest BCUT2D eigenvalue weighted by atomic mass is 10.1. The van der Waals surface area contributed by atoms with Gasteiger partial charge in [0.2, 0.25) is 5.91 Å². The zero-order chi connectivity index (χ0) is 19.8. The molecule has 1 aromatic carbocycles. The van der Waals surface area contributed by atoms with Crippen molar-refractivity contribution in [3.05, 3.63) is 33.8 Å². The summed E-state index contributed by atoms with van der Waals surface area (Å²) in [5.74, 6) is -0.663. The highest BCUT2D eigenvalue weighted by Crippen LogP contribution is 2.26. The van der Waals surface area contributed by atoms with E-state index in [1.165, 1.54) is 13.2 Å². The van der Waals surface area contributed by atoms with E-state index >= 15 is 0 Å². The molecule has 1 aromatic rings. The highest BCUT2D eigenvalue weighted by atomic mass is 35.5. The second-order valence-electron chi connectivity index (χ2n) is 6.46. The molecular weight excluding hydrogens is 391 g/mol. The van der Waals surface area contributed by atoms with Gasteiger partial charge in [-0.3, -0.25) is 14.4 Å². The number of halogens is 2. The number of amides is 2. The van der Waals surface area contributed by atoms with Gasteiger partial charge >= 0.3 is 5.97 Å². The van der Waals surface area contributed by atoms with Crippen molar-refractivity contribution in [1.82, 2.24) is 10.2 Å². The van der Waals surface area contributed by atoms with Crippen LogP contribution in [0.15, 0.2) is 18.2 Å². The summed E-state index contributed by atoms with van der Waals surface area (Å²) in [4.78, 5) is 37.9. The maximum Gasteiger partial charge on any atom is 0.305 e. The van der Waals surface area contributed by atoms with Gasteiger partial charge in [-0.1, -0.05) is 29.6 Å². The van der Waals surface area contributed by atoms with E-state index in [1.807, 2.05) is 0 Å². The van der Waals surface area contributed by atoms with Gasteiger partial charge in [-0.05, 0) is 43.9 Å². The second-order valence-corrected chi connectivity index (χ2v) is 7.30. The number of hydrogen-bond donors (Lipinski definition) is 1. The van der Waals surface area contributed by atoms with Crippen LogP contribution >= 0.6 is 23.2 Å². The smallest absolute Gasteiger partial charge is 0.305 e. The zero-order valence-corrected chi connectivity index (χ0v) is 16.8. The molecule has 0 aliphatic carbocycles. The van der Waals surface area contributed by atoms with E-state index in [-0.39, 0.29) is 17.8 Å². The van der Waals surface area contributed by atoms with Gasteiger partial charge in [0.25, 0.3) is 5.91 Å².